The first-order valence-corrected chi connectivity index (χ1v) is 5.75. The fraction of sp³-hybridized carbons (Fsp3) is 0.636. The highest BCUT2D eigenvalue weighted by atomic mass is 35.5. The Hall–Kier alpha value is -1.07. The maximum absolute atomic E-state index is 11.8. The number of piperidine rings is 1. The summed E-state index contributed by atoms with van der Waals surface area (Å²) in [5.74, 6) is 0.0981. The van der Waals surface area contributed by atoms with E-state index in [9.17, 15) is 4.79 Å². The molecule has 6 heteroatoms. The standard InChI is InChI=1S/C11H18N4O.ClH/c1-15-9(5-7-14-15)8-13-11(16)10-4-2-3-6-12-10;/h5,7,10,12H,2-4,6,8H2,1H3,(H,13,16);1H. The molecule has 17 heavy (non-hydrogen) atoms. The van der Waals surface area contributed by atoms with Crippen molar-refractivity contribution in [3.05, 3.63) is 18.0 Å². The zero-order valence-corrected chi connectivity index (χ0v) is 10.8. The van der Waals surface area contributed by atoms with E-state index in [1.165, 1.54) is 6.42 Å². The quantitative estimate of drug-likeness (QED) is 0.835. The third-order valence-electron chi connectivity index (χ3n) is 2.99. The molecule has 1 aromatic heterocycles. The molecular formula is C11H19ClN4O. The van der Waals surface area contributed by atoms with Gasteiger partial charge in [0.05, 0.1) is 18.3 Å². The van der Waals surface area contributed by atoms with Crippen molar-refractivity contribution in [1.29, 1.82) is 0 Å². The van der Waals surface area contributed by atoms with Crippen LogP contribution >= 0.6 is 12.4 Å². The Morgan fingerprint density at radius 2 is 2.47 bits per heavy atom. The summed E-state index contributed by atoms with van der Waals surface area (Å²) in [5, 5.41) is 10.2. The molecule has 0 aliphatic carbocycles. The number of carbonyl (C=O) groups is 1. The van der Waals surface area contributed by atoms with Crippen LogP contribution in [0.15, 0.2) is 12.3 Å². The van der Waals surface area contributed by atoms with Gasteiger partial charge < -0.3 is 10.6 Å². The molecule has 1 aromatic rings. The first kappa shape index (κ1) is 14.0. The summed E-state index contributed by atoms with van der Waals surface area (Å²) in [5.41, 5.74) is 1.02. The van der Waals surface area contributed by atoms with Crippen molar-refractivity contribution in [2.75, 3.05) is 6.54 Å². The van der Waals surface area contributed by atoms with Gasteiger partial charge >= 0.3 is 0 Å². The van der Waals surface area contributed by atoms with Crippen LogP contribution < -0.4 is 10.6 Å². The molecule has 0 saturated carbocycles. The second kappa shape index (κ2) is 6.61. The van der Waals surface area contributed by atoms with E-state index in [1.807, 2.05) is 13.1 Å². The molecule has 2 N–H and O–H groups in total. The number of rotatable bonds is 3. The SMILES string of the molecule is Cl.Cn1nccc1CNC(=O)C1CCCCN1. The van der Waals surface area contributed by atoms with E-state index < -0.39 is 0 Å². The van der Waals surface area contributed by atoms with Crippen LogP contribution in [0.1, 0.15) is 25.0 Å². The Morgan fingerprint density at radius 1 is 1.65 bits per heavy atom. The van der Waals surface area contributed by atoms with Crippen LogP contribution in [0.2, 0.25) is 0 Å². The number of hydrogen-bond donors (Lipinski definition) is 2. The highest BCUT2D eigenvalue weighted by Gasteiger charge is 2.19. The summed E-state index contributed by atoms with van der Waals surface area (Å²) >= 11 is 0. The topological polar surface area (TPSA) is 59.0 Å². The van der Waals surface area contributed by atoms with Crippen LogP contribution in [0, 0.1) is 0 Å². The van der Waals surface area contributed by atoms with E-state index in [-0.39, 0.29) is 24.4 Å². The summed E-state index contributed by atoms with van der Waals surface area (Å²) in [7, 11) is 1.88. The minimum atomic E-state index is -0.0121. The van der Waals surface area contributed by atoms with Gasteiger partial charge in [-0.05, 0) is 25.5 Å². The Labute approximate surface area is 107 Å². The number of carbonyl (C=O) groups excluding carboxylic acids is 1. The average molecular weight is 259 g/mol. The fourth-order valence-corrected chi connectivity index (χ4v) is 1.95. The van der Waals surface area contributed by atoms with Crippen molar-refractivity contribution in [3.8, 4) is 0 Å². The lowest BCUT2D eigenvalue weighted by Crippen LogP contribution is -2.46. The maximum Gasteiger partial charge on any atom is 0.237 e. The number of aryl methyl sites for hydroxylation is 1. The maximum atomic E-state index is 11.8. The Bertz CT molecular complexity index is 360. The highest BCUT2D eigenvalue weighted by Crippen LogP contribution is 2.07. The minimum Gasteiger partial charge on any atom is -0.349 e. The summed E-state index contributed by atoms with van der Waals surface area (Å²) in [6, 6.07) is 1.90. The van der Waals surface area contributed by atoms with Crippen LogP contribution in [-0.4, -0.2) is 28.3 Å². The smallest absolute Gasteiger partial charge is 0.237 e. The van der Waals surface area contributed by atoms with Gasteiger partial charge in [-0.3, -0.25) is 9.48 Å². The van der Waals surface area contributed by atoms with Crippen molar-refractivity contribution in [3.63, 3.8) is 0 Å². The number of amides is 1. The molecule has 1 amide bonds. The van der Waals surface area contributed by atoms with E-state index in [1.54, 1.807) is 10.9 Å². The Balaban J connectivity index is 0.00000144. The van der Waals surface area contributed by atoms with E-state index in [0.29, 0.717) is 6.54 Å². The number of hydrogen-bond acceptors (Lipinski definition) is 3. The number of nitrogens with one attached hydrogen (secondary N) is 2. The first-order valence-electron chi connectivity index (χ1n) is 5.75. The third-order valence-corrected chi connectivity index (χ3v) is 2.99. The van der Waals surface area contributed by atoms with E-state index in [4.69, 9.17) is 0 Å². The number of aromatic nitrogens is 2. The second-order valence-electron chi connectivity index (χ2n) is 4.17. The summed E-state index contributed by atoms with van der Waals surface area (Å²) in [4.78, 5) is 11.8. The van der Waals surface area contributed by atoms with Crippen molar-refractivity contribution in [2.45, 2.75) is 31.8 Å². The van der Waals surface area contributed by atoms with Crippen LogP contribution in [0.4, 0.5) is 0 Å². The molecule has 1 saturated heterocycles. The Kier molecular flexibility index (Phi) is 5.44. The molecule has 1 unspecified atom stereocenters. The van der Waals surface area contributed by atoms with Gasteiger partial charge in [-0.15, -0.1) is 12.4 Å². The summed E-state index contributed by atoms with van der Waals surface area (Å²) in [6.07, 6.45) is 4.99. The van der Waals surface area contributed by atoms with E-state index in [2.05, 4.69) is 15.7 Å². The second-order valence-corrected chi connectivity index (χ2v) is 4.17. The van der Waals surface area contributed by atoms with E-state index >= 15 is 0 Å². The zero-order chi connectivity index (χ0) is 11.4. The molecule has 96 valence electrons. The molecule has 1 atom stereocenters. The molecule has 5 nitrogen and oxygen atoms in total. The molecule has 1 aliphatic heterocycles. The molecule has 1 aliphatic rings. The van der Waals surface area contributed by atoms with Gasteiger partial charge in [-0.25, -0.2) is 0 Å². The summed E-state index contributed by atoms with van der Waals surface area (Å²) in [6.45, 7) is 1.50. The number of nitrogens with zero attached hydrogens (tertiary/aromatic N) is 2. The van der Waals surface area contributed by atoms with Crippen LogP contribution in [0.25, 0.3) is 0 Å². The van der Waals surface area contributed by atoms with Crippen LogP contribution in [0.3, 0.4) is 0 Å². The lowest BCUT2D eigenvalue weighted by Gasteiger charge is -2.22. The van der Waals surface area contributed by atoms with Gasteiger partial charge in [0.25, 0.3) is 0 Å². The molecule has 1 fully saturated rings. The van der Waals surface area contributed by atoms with Gasteiger partial charge in [0.1, 0.15) is 0 Å². The van der Waals surface area contributed by atoms with Gasteiger partial charge in [0.2, 0.25) is 5.91 Å². The molecule has 2 heterocycles. The fourth-order valence-electron chi connectivity index (χ4n) is 1.95. The van der Waals surface area contributed by atoms with Gasteiger partial charge in [-0.1, -0.05) is 6.42 Å². The van der Waals surface area contributed by atoms with Crippen molar-refractivity contribution < 1.29 is 4.79 Å². The largest absolute Gasteiger partial charge is 0.349 e. The van der Waals surface area contributed by atoms with Gasteiger partial charge in [0, 0.05) is 13.2 Å². The first-order chi connectivity index (χ1) is 7.77. The van der Waals surface area contributed by atoms with Crippen molar-refractivity contribution in [2.24, 2.45) is 7.05 Å². The summed E-state index contributed by atoms with van der Waals surface area (Å²) < 4.78 is 1.77. The molecular weight excluding hydrogens is 240 g/mol. The van der Waals surface area contributed by atoms with Crippen molar-refractivity contribution in [1.82, 2.24) is 20.4 Å². The average Bonchev–Trinajstić information content (AvgIpc) is 2.73. The lowest BCUT2D eigenvalue weighted by atomic mass is 10.0. The van der Waals surface area contributed by atoms with Gasteiger partial charge in [0.15, 0.2) is 0 Å². The van der Waals surface area contributed by atoms with Crippen molar-refractivity contribution >= 4 is 18.3 Å². The third kappa shape index (κ3) is 3.71. The predicted molar refractivity (Wildman–Crippen MR) is 67.9 cm³/mol. The minimum absolute atomic E-state index is 0. The van der Waals surface area contributed by atoms with E-state index in [0.717, 1.165) is 25.1 Å². The Morgan fingerprint density at radius 3 is 3.06 bits per heavy atom. The molecule has 2 rings (SSSR count). The molecule has 0 aromatic carbocycles. The lowest BCUT2D eigenvalue weighted by molar-refractivity contribution is -0.123. The monoisotopic (exact) mass is 258 g/mol. The van der Waals surface area contributed by atoms with Gasteiger partial charge in [-0.2, -0.15) is 5.10 Å². The molecule has 0 bridgehead atoms. The normalized spacial score (nSPS) is 19.5. The number of halogens is 1. The highest BCUT2D eigenvalue weighted by molar-refractivity contribution is 5.85. The van der Waals surface area contributed by atoms with Crippen LogP contribution in [-0.2, 0) is 18.4 Å². The predicted octanol–water partition coefficient (Wildman–Crippen LogP) is 0.600. The van der Waals surface area contributed by atoms with Crippen LogP contribution in [0.5, 0.6) is 0 Å². The zero-order valence-electron chi connectivity index (χ0n) is 9.98. The molecule has 0 spiro atoms. The molecule has 0 radical (unpaired) electrons.